The van der Waals surface area contributed by atoms with Gasteiger partial charge in [0.2, 0.25) is 5.91 Å². The molecular formula is C20H21FN2O3S. The summed E-state index contributed by atoms with van der Waals surface area (Å²) in [5.41, 5.74) is 2.44. The van der Waals surface area contributed by atoms with Gasteiger partial charge in [-0.1, -0.05) is 12.1 Å². The van der Waals surface area contributed by atoms with Crippen LogP contribution in [0.2, 0.25) is 0 Å². The van der Waals surface area contributed by atoms with E-state index in [0.717, 1.165) is 11.3 Å². The van der Waals surface area contributed by atoms with Crippen molar-refractivity contribution in [2.24, 2.45) is 0 Å². The van der Waals surface area contributed by atoms with Crippen LogP contribution >= 0.6 is 0 Å². The van der Waals surface area contributed by atoms with E-state index in [1.54, 1.807) is 29.2 Å². The van der Waals surface area contributed by atoms with Crippen LogP contribution < -0.4 is 9.21 Å². The van der Waals surface area contributed by atoms with Gasteiger partial charge in [-0.3, -0.25) is 9.10 Å². The summed E-state index contributed by atoms with van der Waals surface area (Å²) in [6.45, 7) is 3.69. The van der Waals surface area contributed by atoms with Gasteiger partial charge in [0.25, 0.3) is 10.0 Å². The number of hydrogen-bond acceptors (Lipinski definition) is 3. The van der Waals surface area contributed by atoms with Crippen LogP contribution in [0.4, 0.5) is 15.8 Å². The highest BCUT2D eigenvalue weighted by atomic mass is 32.2. The molecule has 0 saturated carbocycles. The minimum atomic E-state index is -3.88. The van der Waals surface area contributed by atoms with Gasteiger partial charge in [0.15, 0.2) is 0 Å². The Morgan fingerprint density at radius 1 is 1.19 bits per heavy atom. The van der Waals surface area contributed by atoms with Gasteiger partial charge in [-0.2, -0.15) is 0 Å². The van der Waals surface area contributed by atoms with Gasteiger partial charge in [-0.15, -0.1) is 0 Å². The van der Waals surface area contributed by atoms with Crippen LogP contribution in [0.15, 0.2) is 41.3 Å². The second-order valence-corrected chi connectivity index (χ2v) is 9.02. The molecule has 0 N–H and O–H groups in total. The number of sulfonamides is 1. The molecule has 4 rings (SSSR count). The standard InChI is InChI=1S/C20H21FN2O3S/c1-13-11-16-12-17(8-9-19(16)23(13)14(2)24)27(25,26)22-10-4-6-15-5-3-7-18(21)20(15)22/h3,5,7-9,12-13H,4,6,10-11H2,1-2H3. The number of nitrogens with zero attached hydrogens (tertiary/aromatic N) is 2. The van der Waals surface area contributed by atoms with Gasteiger partial charge >= 0.3 is 0 Å². The Labute approximate surface area is 158 Å². The summed E-state index contributed by atoms with van der Waals surface area (Å²) >= 11 is 0. The van der Waals surface area contributed by atoms with Crippen LogP contribution in [0, 0.1) is 5.82 Å². The number of rotatable bonds is 2. The number of anilines is 2. The summed E-state index contributed by atoms with van der Waals surface area (Å²) < 4.78 is 42.2. The fourth-order valence-electron chi connectivity index (χ4n) is 4.18. The summed E-state index contributed by atoms with van der Waals surface area (Å²) in [5, 5.41) is 0. The van der Waals surface area contributed by atoms with Crippen LogP contribution in [-0.4, -0.2) is 26.9 Å². The molecule has 0 aliphatic carbocycles. The third-order valence-corrected chi connectivity index (χ3v) is 7.12. The molecule has 142 valence electrons. The smallest absolute Gasteiger partial charge is 0.264 e. The number of hydrogen-bond donors (Lipinski definition) is 0. The first-order valence-electron chi connectivity index (χ1n) is 9.03. The van der Waals surface area contributed by atoms with Crippen LogP contribution in [0.5, 0.6) is 0 Å². The van der Waals surface area contributed by atoms with Crippen LogP contribution in [0.25, 0.3) is 0 Å². The van der Waals surface area contributed by atoms with Gasteiger partial charge in [0, 0.05) is 25.2 Å². The zero-order chi connectivity index (χ0) is 19.3. The molecule has 5 nitrogen and oxygen atoms in total. The summed E-state index contributed by atoms with van der Waals surface area (Å²) in [4.78, 5) is 13.7. The van der Waals surface area contributed by atoms with Crippen molar-refractivity contribution in [3.63, 3.8) is 0 Å². The first-order valence-corrected chi connectivity index (χ1v) is 10.5. The van der Waals surface area contributed by atoms with Gasteiger partial charge in [-0.25, -0.2) is 12.8 Å². The molecule has 7 heteroatoms. The van der Waals surface area contributed by atoms with Gasteiger partial charge in [0.1, 0.15) is 5.82 Å². The van der Waals surface area contributed by atoms with Gasteiger partial charge in [0.05, 0.1) is 10.6 Å². The number of aryl methyl sites for hydroxylation is 1. The van der Waals surface area contributed by atoms with E-state index in [9.17, 15) is 17.6 Å². The second-order valence-electron chi connectivity index (χ2n) is 7.16. The Morgan fingerprint density at radius 2 is 1.96 bits per heavy atom. The molecule has 0 spiro atoms. The molecule has 0 saturated heterocycles. The van der Waals surface area contributed by atoms with E-state index in [1.807, 2.05) is 6.92 Å². The van der Waals surface area contributed by atoms with E-state index in [2.05, 4.69) is 0 Å². The van der Waals surface area contributed by atoms with Crippen molar-refractivity contribution in [1.82, 2.24) is 0 Å². The van der Waals surface area contributed by atoms with Crippen molar-refractivity contribution in [3.8, 4) is 0 Å². The maximum Gasteiger partial charge on any atom is 0.264 e. The molecule has 1 unspecified atom stereocenters. The van der Waals surface area contributed by atoms with Crippen molar-refractivity contribution in [2.75, 3.05) is 15.7 Å². The molecule has 2 aromatic rings. The van der Waals surface area contributed by atoms with Crippen molar-refractivity contribution < 1.29 is 17.6 Å². The molecule has 27 heavy (non-hydrogen) atoms. The molecule has 1 amide bonds. The number of carbonyl (C=O) groups is 1. The molecule has 0 radical (unpaired) electrons. The Morgan fingerprint density at radius 3 is 2.70 bits per heavy atom. The van der Waals surface area contributed by atoms with E-state index in [-0.39, 0.29) is 29.1 Å². The predicted octanol–water partition coefficient (Wildman–Crippen LogP) is 3.26. The summed E-state index contributed by atoms with van der Waals surface area (Å²) in [6, 6.07) is 9.48. The van der Waals surface area contributed by atoms with Crippen LogP contribution in [-0.2, 0) is 27.7 Å². The first kappa shape index (κ1) is 18.0. The molecule has 0 bridgehead atoms. The van der Waals surface area contributed by atoms with Gasteiger partial charge in [-0.05, 0) is 61.6 Å². The lowest BCUT2D eigenvalue weighted by Gasteiger charge is -2.31. The zero-order valence-electron chi connectivity index (χ0n) is 15.3. The molecule has 2 aromatic carbocycles. The Kier molecular flexibility index (Phi) is 4.22. The lowest BCUT2D eigenvalue weighted by molar-refractivity contribution is -0.116. The monoisotopic (exact) mass is 388 g/mol. The van der Waals surface area contributed by atoms with Crippen LogP contribution in [0.1, 0.15) is 31.4 Å². The highest BCUT2D eigenvalue weighted by Gasteiger charge is 2.34. The van der Waals surface area contributed by atoms with E-state index < -0.39 is 15.8 Å². The average Bonchev–Trinajstić information content (AvgIpc) is 2.96. The molecule has 2 aliphatic heterocycles. The van der Waals surface area contributed by atoms with Crippen molar-refractivity contribution >= 4 is 27.3 Å². The topological polar surface area (TPSA) is 57.7 Å². The van der Waals surface area contributed by atoms with Crippen molar-refractivity contribution in [1.29, 1.82) is 0 Å². The number of halogens is 1. The number of carbonyl (C=O) groups excluding carboxylic acids is 1. The maximum absolute atomic E-state index is 14.4. The average molecular weight is 388 g/mol. The fourth-order valence-corrected chi connectivity index (χ4v) is 5.78. The number of amides is 1. The first-order chi connectivity index (χ1) is 12.8. The number of benzene rings is 2. The van der Waals surface area contributed by atoms with E-state index >= 15 is 0 Å². The lowest BCUT2D eigenvalue weighted by Crippen LogP contribution is -2.36. The van der Waals surface area contributed by atoms with Crippen LogP contribution in [0.3, 0.4) is 0 Å². The molecule has 1 atom stereocenters. The van der Waals surface area contributed by atoms with Crippen molar-refractivity contribution in [2.45, 2.75) is 44.0 Å². The van der Waals surface area contributed by atoms with E-state index in [1.165, 1.54) is 23.4 Å². The molecule has 2 aliphatic rings. The minimum Gasteiger partial charge on any atom is -0.309 e. The third kappa shape index (κ3) is 2.81. The Hall–Kier alpha value is -2.41. The summed E-state index contributed by atoms with van der Waals surface area (Å²) in [5.74, 6) is -0.586. The SMILES string of the molecule is CC(=O)N1c2ccc(S(=O)(=O)N3CCCc4cccc(F)c43)cc2CC1C. The second kappa shape index (κ2) is 6.34. The summed E-state index contributed by atoms with van der Waals surface area (Å²) in [7, 11) is -3.88. The van der Waals surface area contributed by atoms with E-state index in [4.69, 9.17) is 0 Å². The van der Waals surface area contributed by atoms with Gasteiger partial charge < -0.3 is 4.90 Å². The normalized spacial score (nSPS) is 19.0. The van der Waals surface area contributed by atoms with E-state index in [0.29, 0.717) is 24.8 Å². The quantitative estimate of drug-likeness (QED) is 0.793. The third-order valence-electron chi connectivity index (χ3n) is 5.32. The molecule has 0 fully saturated rings. The molecule has 0 aromatic heterocycles. The fraction of sp³-hybridized carbons (Fsp3) is 0.350. The minimum absolute atomic E-state index is 0.0105. The largest absolute Gasteiger partial charge is 0.309 e. The maximum atomic E-state index is 14.4. The number of fused-ring (bicyclic) bond motifs is 2. The number of para-hydroxylation sites is 1. The summed E-state index contributed by atoms with van der Waals surface area (Å²) in [6.07, 6.45) is 1.91. The predicted molar refractivity (Wildman–Crippen MR) is 102 cm³/mol. The lowest BCUT2D eigenvalue weighted by atomic mass is 10.0. The Bertz CT molecular complexity index is 1040. The molecular weight excluding hydrogens is 367 g/mol. The highest BCUT2D eigenvalue weighted by molar-refractivity contribution is 7.92. The zero-order valence-corrected chi connectivity index (χ0v) is 16.1. The highest BCUT2D eigenvalue weighted by Crippen LogP contribution is 2.37. The molecule has 2 heterocycles. The Balaban J connectivity index is 1.78. The van der Waals surface area contributed by atoms with Crippen molar-refractivity contribution in [3.05, 3.63) is 53.3 Å².